The first kappa shape index (κ1) is 14.0. The normalized spacial score (nSPS) is 25.7. The molecular weight excluding hydrogens is 312 g/mol. The predicted octanol–water partition coefficient (Wildman–Crippen LogP) is 5.29. The zero-order chi connectivity index (χ0) is 14.9. The molecule has 4 rings (SSSR count). The molecule has 4 heteroatoms. The van der Waals surface area contributed by atoms with Crippen LogP contribution in [-0.2, 0) is 0 Å². The minimum atomic E-state index is 0.204. The van der Waals surface area contributed by atoms with Crippen molar-refractivity contribution in [2.24, 2.45) is 11.0 Å². The first-order chi connectivity index (χ1) is 10.8. The first-order valence-electron chi connectivity index (χ1n) is 7.65. The Kier molecular flexibility index (Phi) is 3.77. The predicted molar refractivity (Wildman–Crippen MR) is 94.4 cm³/mol. The number of hydrazone groups is 1. The summed E-state index contributed by atoms with van der Waals surface area (Å²) in [5.74, 6) is 0.430. The summed E-state index contributed by atoms with van der Waals surface area (Å²) >= 11 is 8.16. The highest BCUT2D eigenvalue weighted by atomic mass is 35.5. The fraction of sp³-hybridized carbons (Fsp3) is 0.278. The van der Waals surface area contributed by atoms with E-state index in [0.717, 1.165) is 17.0 Å². The van der Waals surface area contributed by atoms with Crippen molar-refractivity contribution in [1.82, 2.24) is 5.43 Å². The number of thiophene rings is 1. The maximum Gasteiger partial charge on any atom is 0.0788 e. The molecule has 22 heavy (non-hydrogen) atoms. The van der Waals surface area contributed by atoms with E-state index in [4.69, 9.17) is 11.6 Å². The number of halogens is 1. The van der Waals surface area contributed by atoms with Crippen molar-refractivity contribution in [3.8, 4) is 0 Å². The molecular formula is C18H17ClN2S. The molecule has 2 heterocycles. The van der Waals surface area contributed by atoms with Crippen LogP contribution in [0.25, 0.3) is 6.08 Å². The van der Waals surface area contributed by atoms with Crippen LogP contribution in [0.1, 0.15) is 35.7 Å². The van der Waals surface area contributed by atoms with E-state index >= 15 is 0 Å². The summed E-state index contributed by atoms with van der Waals surface area (Å²) in [5.41, 5.74) is 7.09. The van der Waals surface area contributed by atoms with Crippen LogP contribution in [0.5, 0.6) is 0 Å². The van der Waals surface area contributed by atoms with Gasteiger partial charge in [0.2, 0.25) is 0 Å². The van der Waals surface area contributed by atoms with Crippen LogP contribution in [0.3, 0.4) is 0 Å². The Bertz CT molecular complexity index is 733. The standard InChI is InChI=1S/C18H17ClN2S/c19-16-9-2-1-7-14(16)18-15-8-3-5-12(17(15)20-21-18)11-13-6-4-10-22-13/h1-2,4,6-7,9-11,15,18,21H,3,5,8H2. The first-order valence-corrected chi connectivity index (χ1v) is 8.90. The van der Waals surface area contributed by atoms with Gasteiger partial charge in [-0.1, -0.05) is 35.9 Å². The molecule has 0 saturated heterocycles. The van der Waals surface area contributed by atoms with E-state index in [0.29, 0.717) is 5.92 Å². The third-order valence-corrected chi connectivity index (χ3v) is 5.63. The molecule has 0 spiro atoms. The highest BCUT2D eigenvalue weighted by Crippen LogP contribution is 2.41. The second-order valence-corrected chi connectivity index (χ2v) is 7.20. The zero-order valence-corrected chi connectivity index (χ0v) is 13.7. The van der Waals surface area contributed by atoms with Gasteiger partial charge in [-0.05, 0) is 54.0 Å². The fourth-order valence-corrected chi connectivity index (χ4v) is 4.36. The second kappa shape index (κ2) is 5.90. The monoisotopic (exact) mass is 328 g/mol. The van der Waals surface area contributed by atoms with Gasteiger partial charge in [0, 0.05) is 15.8 Å². The number of allylic oxidation sites excluding steroid dienone is 1. The topological polar surface area (TPSA) is 24.4 Å². The molecule has 2 aromatic rings. The molecule has 1 N–H and O–H groups in total. The Hall–Kier alpha value is -1.58. The lowest BCUT2D eigenvalue weighted by molar-refractivity contribution is 0.451. The lowest BCUT2D eigenvalue weighted by Gasteiger charge is -2.26. The van der Waals surface area contributed by atoms with Crippen molar-refractivity contribution < 1.29 is 0 Å². The molecule has 1 aromatic carbocycles. The van der Waals surface area contributed by atoms with Gasteiger partial charge in [0.15, 0.2) is 0 Å². The van der Waals surface area contributed by atoms with Gasteiger partial charge in [0.05, 0.1) is 11.8 Å². The van der Waals surface area contributed by atoms with E-state index < -0.39 is 0 Å². The van der Waals surface area contributed by atoms with Gasteiger partial charge in [0.1, 0.15) is 0 Å². The van der Waals surface area contributed by atoms with Crippen molar-refractivity contribution in [2.45, 2.75) is 25.3 Å². The minimum absolute atomic E-state index is 0.204. The number of nitrogens with one attached hydrogen (secondary N) is 1. The molecule has 1 aromatic heterocycles. The van der Waals surface area contributed by atoms with Gasteiger partial charge in [-0.3, -0.25) is 0 Å². The number of hydrogen-bond acceptors (Lipinski definition) is 3. The summed E-state index contributed by atoms with van der Waals surface area (Å²) in [6.45, 7) is 0. The number of hydrogen-bond donors (Lipinski definition) is 1. The molecule has 1 aliphatic carbocycles. The van der Waals surface area contributed by atoms with Crippen LogP contribution in [-0.4, -0.2) is 5.71 Å². The van der Waals surface area contributed by atoms with Crippen LogP contribution in [0.4, 0.5) is 0 Å². The summed E-state index contributed by atoms with van der Waals surface area (Å²) in [7, 11) is 0. The Morgan fingerprint density at radius 2 is 2.14 bits per heavy atom. The van der Waals surface area contributed by atoms with Gasteiger partial charge < -0.3 is 5.43 Å². The van der Waals surface area contributed by atoms with Gasteiger partial charge >= 0.3 is 0 Å². The van der Waals surface area contributed by atoms with Crippen LogP contribution < -0.4 is 5.43 Å². The highest BCUT2D eigenvalue weighted by Gasteiger charge is 2.37. The summed E-state index contributed by atoms with van der Waals surface area (Å²) in [5, 5.41) is 7.61. The summed E-state index contributed by atoms with van der Waals surface area (Å²) in [4.78, 5) is 1.31. The number of nitrogens with zero attached hydrogens (tertiary/aromatic N) is 1. The van der Waals surface area contributed by atoms with Crippen molar-refractivity contribution in [2.75, 3.05) is 0 Å². The lowest BCUT2D eigenvalue weighted by atomic mass is 9.78. The molecule has 1 fully saturated rings. The zero-order valence-electron chi connectivity index (χ0n) is 12.1. The molecule has 112 valence electrons. The quantitative estimate of drug-likeness (QED) is 0.796. The molecule has 0 amide bonds. The van der Waals surface area contributed by atoms with Crippen LogP contribution in [0, 0.1) is 5.92 Å². The summed E-state index contributed by atoms with van der Waals surface area (Å²) in [6.07, 6.45) is 5.80. The second-order valence-electron chi connectivity index (χ2n) is 5.81. The summed E-state index contributed by atoms with van der Waals surface area (Å²) < 4.78 is 0. The van der Waals surface area contributed by atoms with E-state index in [1.165, 1.54) is 29.0 Å². The lowest BCUT2D eigenvalue weighted by Crippen LogP contribution is -2.25. The smallest absolute Gasteiger partial charge is 0.0788 e. The Morgan fingerprint density at radius 3 is 2.95 bits per heavy atom. The van der Waals surface area contributed by atoms with E-state index in [9.17, 15) is 0 Å². The highest BCUT2D eigenvalue weighted by molar-refractivity contribution is 7.10. The largest absolute Gasteiger partial charge is 0.302 e. The SMILES string of the molecule is Clc1ccccc1C1NN=C2C(=Cc3cccs3)CCCC21. The van der Waals surface area contributed by atoms with Crippen LogP contribution >= 0.6 is 22.9 Å². The van der Waals surface area contributed by atoms with Crippen molar-refractivity contribution in [3.05, 3.63) is 62.8 Å². The fourth-order valence-electron chi connectivity index (χ4n) is 3.43. The third-order valence-electron chi connectivity index (χ3n) is 4.47. The third kappa shape index (κ3) is 2.49. The number of rotatable bonds is 2. The van der Waals surface area contributed by atoms with E-state index in [2.05, 4.69) is 40.2 Å². The van der Waals surface area contributed by atoms with Gasteiger partial charge in [-0.2, -0.15) is 5.10 Å². The van der Waals surface area contributed by atoms with Crippen LogP contribution in [0.2, 0.25) is 5.02 Å². The van der Waals surface area contributed by atoms with E-state index in [1.54, 1.807) is 11.3 Å². The molecule has 1 saturated carbocycles. The van der Waals surface area contributed by atoms with Crippen molar-refractivity contribution in [3.63, 3.8) is 0 Å². The van der Waals surface area contributed by atoms with Crippen LogP contribution in [0.15, 0.2) is 52.5 Å². The molecule has 2 unspecified atom stereocenters. The number of benzene rings is 1. The maximum atomic E-state index is 6.38. The number of fused-ring (bicyclic) bond motifs is 1. The Labute approximate surface area is 139 Å². The van der Waals surface area contributed by atoms with Crippen molar-refractivity contribution in [1.29, 1.82) is 0 Å². The minimum Gasteiger partial charge on any atom is -0.302 e. The summed E-state index contributed by atoms with van der Waals surface area (Å²) in [6, 6.07) is 12.6. The molecule has 0 radical (unpaired) electrons. The van der Waals surface area contributed by atoms with Gasteiger partial charge in [-0.25, -0.2) is 0 Å². The average molecular weight is 329 g/mol. The van der Waals surface area contributed by atoms with Gasteiger partial charge in [-0.15, -0.1) is 11.3 Å². The maximum absolute atomic E-state index is 6.38. The molecule has 0 bridgehead atoms. The molecule has 2 atom stereocenters. The van der Waals surface area contributed by atoms with E-state index in [-0.39, 0.29) is 6.04 Å². The Balaban J connectivity index is 1.65. The van der Waals surface area contributed by atoms with Gasteiger partial charge in [0.25, 0.3) is 0 Å². The average Bonchev–Trinajstić information content (AvgIpc) is 3.18. The molecule has 1 aliphatic heterocycles. The van der Waals surface area contributed by atoms with E-state index in [1.807, 2.05) is 18.2 Å². The molecule has 2 aliphatic rings. The van der Waals surface area contributed by atoms with Crippen molar-refractivity contribution >= 4 is 34.7 Å². The Morgan fingerprint density at radius 1 is 1.23 bits per heavy atom. The molecule has 2 nitrogen and oxygen atoms in total.